The molecule has 0 aliphatic carbocycles. The van der Waals surface area contributed by atoms with Gasteiger partial charge in [-0.15, -0.1) is 0 Å². The van der Waals surface area contributed by atoms with Gasteiger partial charge in [-0.2, -0.15) is 0 Å². The molecular weight excluding hydrogens is 178 g/mol. The minimum absolute atomic E-state index is 0.197. The largest absolute Gasteiger partial charge is 0.207 e. The lowest BCUT2D eigenvalue weighted by Crippen LogP contribution is -2.01. The van der Waals surface area contributed by atoms with E-state index in [-0.39, 0.29) is 5.82 Å². The average molecular weight is 188 g/mol. The van der Waals surface area contributed by atoms with Gasteiger partial charge in [0, 0.05) is 0 Å². The van der Waals surface area contributed by atoms with Gasteiger partial charge in [-0.25, -0.2) is 4.39 Å². The zero-order chi connectivity index (χ0) is 8.48. The maximum absolute atomic E-state index is 12.5. The monoisotopic (exact) mass is 188 g/mol. The maximum atomic E-state index is 12.5. The van der Waals surface area contributed by atoms with Crippen LogP contribution in [0, 0.1) is 5.82 Å². The molecule has 0 amide bonds. The molecule has 1 aromatic rings. The van der Waals surface area contributed by atoms with E-state index < -0.39 is 6.04 Å². The van der Waals surface area contributed by atoms with E-state index in [2.05, 4.69) is 0 Å². The zero-order valence-corrected chi connectivity index (χ0v) is 8.25. The molecule has 0 bridgehead atoms. The lowest BCUT2D eigenvalue weighted by molar-refractivity contribution is 0.628. The number of hydrogen-bond acceptors (Lipinski definition) is 1. The Labute approximate surface area is 71.4 Å². The number of rotatable bonds is 1. The molecule has 1 rings (SSSR count). The molecule has 3 heteroatoms. The smallest absolute Gasteiger partial charge is 0.123 e. The van der Waals surface area contributed by atoms with Gasteiger partial charge in [0.05, 0.1) is 0 Å². The Hall–Kier alpha value is -0.200. The van der Waals surface area contributed by atoms with E-state index in [1.165, 1.54) is 12.1 Å². The van der Waals surface area contributed by atoms with Gasteiger partial charge in [-0.1, -0.05) is 23.9 Å². The van der Waals surface area contributed by atoms with Gasteiger partial charge in [-0.3, -0.25) is 0 Å². The van der Waals surface area contributed by atoms with Crippen LogP contribution >= 0.6 is 6.04 Å². The Morgan fingerprint density at radius 3 is 2.00 bits per heavy atom. The van der Waals surface area contributed by atoms with Crippen molar-refractivity contribution in [3.63, 3.8) is 0 Å². The first-order chi connectivity index (χ1) is 5.00. The van der Waals surface area contributed by atoms with Crippen LogP contribution in [0.15, 0.2) is 24.3 Å². The third-order valence-corrected chi connectivity index (χ3v) is 3.62. The molecule has 0 spiro atoms. The second-order valence-corrected chi connectivity index (χ2v) is 8.78. The molecule has 0 radical (unpaired) electrons. The fraction of sp³-hybridized carbons (Fsp3) is 0.250. The second-order valence-electron chi connectivity index (χ2n) is 2.83. The van der Waals surface area contributed by atoms with Gasteiger partial charge in [0.25, 0.3) is 0 Å². The topological polar surface area (TPSA) is 0 Å². The van der Waals surface area contributed by atoms with Crippen LogP contribution in [-0.2, 0) is 11.8 Å². The Kier molecular flexibility index (Phi) is 2.46. The molecule has 0 atom stereocenters. The summed E-state index contributed by atoms with van der Waals surface area (Å²) in [4.78, 5) is 0. The SMILES string of the molecule is CP(C)(=S)c1ccc(F)cc1. The van der Waals surface area contributed by atoms with Gasteiger partial charge < -0.3 is 0 Å². The fourth-order valence-corrected chi connectivity index (χ4v) is 2.03. The Morgan fingerprint density at radius 2 is 1.64 bits per heavy atom. The molecule has 0 aliphatic rings. The van der Waals surface area contributed by atoms with Crippen molar-refractivity contribution in [3.8, 4) is 0 Å². The molecule has 0 heterocycles. The van der Waals surface area contributed by atoms with Crippen molar-refractivity contribution in [2.24, 2.45) is 0 Å². The third-order valence-electron chi connectivity index (χ3n) is 1.45. The van der Waals surface area contributed by atoms with Crippen LogP contribution in [0.2, 0.25) is 0 Å². The van der Waals surface area contributed by atoms with E-state index >= 15 is 0 Å². The highest BCUT2D eigenvalue weighted by Crippen LogP contribution is 2.34. The van der Waals surface area contributed by atoms with Crippen LogP contribution in [-0.4, -0.2) is 13.3 Å². The Morgan fingerprint density at radius 1 is 1.18 bits per heavy atom. The van der Waals surface area contributed by atoms with Crippen molar-refractivity contribution in [2.75, 3.05) is 13.3 Å². The fourth-order valence-electron chi connectivity index (χ4n) is 0.800. The molecule has 0 aromatic heterocycles. The van der Waals surface area contributed by atoms with Crippen LogP contribution < -0.4 is 5.30 Å². The van der Waals surface area contributed by atoms with Crippen LogP contribution in [0.1, 0.15) is 0 Å². The molecule has 60 valence electrons. The molecule has 11 heavy (non-hydrogen) atoms. The summed E-state index contributed by atoms with van der Waals surface area (Å²) >= 11 is 5.28. The molecule has 0 saturated carbocycles. The van der Waals surface area contributed by atoms with Crippen molar-refractivity contribution in [1.82, 2.24) is 0 Å². The molecule has 0 nitrogen and oxygen atoms in total. The highest BCUT2D eigenvalue weighted by atomic mass is 32.4. The third kappa shape index (κ3) is 2.39. The van der Waals surface area contributed by atoms with Gasteiger partial charge in [0.2, 0.25) is 0 Å². The first-order valence-electron chi connectivity index (χ1n) is 3.31. The number of hydrogen-bond donors (Lipinski definition) is 0. The highest BCUT2D eigenvalue weighted by Gasteiger charge is 2.04. The van der Waals surface area contributed by atoms with Crippen LogP contribution in [0.3, 0.4) is 0 Å². The van der Waals surface area contributed by atoms with E-state index in [0.29, 0.717) is 0 Å². The molecule has 0 unspecified atom stereocenters. The summed E-state index contributed by atoms with van der Waals surface area (Å²) in [5.41, 5.74) is 0. The highest BCUT2D eigenvalue weighted by molar-refractivity contribution is 8.17. The van der Waals surface area contributed by atoms with Crippen molar-refractivity contribution >= 4 is 23.1 Å². The van der Waals surface area contributed by atoms with Gasteiger partial charge in [0.15, 0.2) is 0 Å². The lowest BCUT2D eigenvalue weighted by atomic mass is 10.4. The predicted octanol–water partition coefficient (Wildman–Crippen LogP) is 2.19. The van der Waals surface area contributed by atoms with Crippen molar-refractivity contribution in [1.29, 1.82) is 0 Å². The van der Waals surface area contributed by atoms with E-state index in [9.17, 15) is 4.39 Å². The molecule has 0 saturated heterocycles. The van der Waals surface area contributed by atoms with E-state index in [1.54, 1.807) is 12.1 Å². The lowest BCUT2D eigenvalue weighted by Gasteiger charge is -2.09. The summed E-state index contributed by atoms with van der Waals surface area (Å²) in [5.74, 6) is -0.197. The molecular formula is C8H10FPS. The summed E-state index contributed by atoms with van der Waals surface area (Å²) < 4.78 is 12.5. The zero-order valence-electron chi connectivity index (χ0n) is 6.54. The normalized spacial score (nSPS) is 11.5. The average Bonchev–Trinajstić information content (AvgIpc) is 1.86. The molecule has 0 N–H and O–H groups in total. The van der Waals surface area contributed by atoms with Crippen molar-refractivity contribution in [2.45, 2.75) is 0 Å². The van der Waals surface area contributed by atoms with Crippen LogP contribution in [0.5, 0.6) is 0 Å². The van der Waals surface area contributed by atoms with E-state index in [1.807, 2.05) is 13.3 Å². The van der Waals surface area contributed by atoms with Crippen molar-refractivity contribution in [3.05, 3.63) is 30.1 Å². The van der Waals surface area contributed by atoms with Gasteiger partial charge >= 0.3 is 0 Å². The molecule has 1 aromatic carbocycles. The molecule has 0 fully saturated rings. The minimum Gasteiger partial charge on any atom is -0.207 e. The summed E-state index contributed by atoms with van der Waals surface area (Å²) in [7, 11) is 0. The predicted molar refractivity (Wildman–Crippen MR) is 52.2 cm³/mol. The van der Waals surface area contributed by atoms with E-state index in [4.69, 9.17) is 11.8 Å². The number of benzene rings is 1. The van der Waals surface area contributed by atoms with Gasteiger partial charge in [0.1, 0.15) is 5.82 Å². The Balaban J connectivity index is 3.09. The second kappa shape index (κ2) is 3.04. The summed E-state index contributed by atoms with van der Waals surface area (Å²) in [5, 5.41) is 1.09. The number of halogens is 1. The standard InChI is InChI=1S/C8H10FPS/c1-10(2,11)8-5-3-7(9)4-6-8/h3-6H,1-2H3. The van der Waals surface area contributed by atoms with Crippen LogP contribution in [0.4, 0.5) is 4.39 Å². The quantitative estimate of drug-likeness (QED) is 0.609. The van der Waals surface area contributed by atoms with Crippen LogP contribution in [0.25, 0.3) is 0 Å². The van der Waals surface area contributed by atoms with Crippen molar-refractivity contribution < 1.29 is 4.39 Å². The minimum atomic E-state index is -1.37. The van der Waals surface area contributed by atoms with E-state index in [0.717, 1.165) is 5.30 Å². The first kappa shape index (κ1) is 8.89. The summed E-state index contributed by atoms with van der Waals surface area (Å²) in [6, 6.07) is 5.10. The summed E-state index contributed by atoms with van der Waals surface area (Å²) in [6.45, 7) is 4.07. The first-order valence-corrected chi connectivity index (χ1v) is 7.01. The summed E-state index contributed by atoms with van der Waals surface area (Å²) in [6.07, 6.45) is 0. The van der Waals surface area contributed by atoms with Gasteiger partial charge in [-0.05, 0) is 36.8 Å². The Bertz CT molecular complexity index is 285. The maximum Gasteiger partial charge on any atom is 0.123 e. The molecule has 0 aliphatic heterocycles.